The molecular weight excluding hydrogens is 278 g/mol. The third-order valence-corrected chi connectivity index (χ3v) is 4.55. The van der Waals surface area contributed by atoms with Gasteiger partial charge in [-0.25, -0.2) is 4.98 Å². The molecule has 0 radical (unpaired) electrons. The first-order chi connectivity index (χ1) is 9.65. The summed E-state index contributed by atoms with van der Waals surface area (Å²) in [5.74, 6) is 0.728. The third kappa shape index (κ3) is 3.30. The normalized spacial score (nSPS) is 21.7. The van der Waals surface area contributed by atoms with Crippen molar-refractivity contribution in [2.24, 2.45) is 0 Å². The molecule has 2 N–H and O–H groups in total. The number of anilines is 2. The van der Waals surface area contributed by atoms with Gasteiger partial charge >= 0.3 is 5.69 Å². The van der Waals surface area contributed by atoms with Crippen LogP contribution in [0.2, 0.25) is 0 Å². The topological polar surface area (TPSA) is 93.0 Å². The van der Waals surface area contributed by atoms with Gasteiger partial charge in [0.1, 0.15) is 6.20 Å². The molecule has 20 heavy (non-hydrogen) atoms. The van der Waals surface area contributed by atoms with Crippen molar-refractivity contribution in [2.45, 2.75) is 37.5 Å². The zero-order valence-corrected chi connectivity index (χ0v) is 12.4. The predicted molar refractivity (Wildman–Crippen MR) is 81.4 cm³/mol. The van der Waals surface area contributed by atoms with Gasteiger partial charge < -0.3 is 10.6 Å². The van der Waals surface area contributed by atoms with Gasteiger partial charge in [-0.1, -0.05) is 6.42 Å². The molecular formula is C12H19N5O2S. The van der Waals surface area contributed by atoms with Crippen molar-refractivity contribution >= 4 is 29.2 Å². The Bertz CT molecular complexity index is 485. The maximum Gasteiger partial charge on any atom is 0.329 e. The summed E-state index contributed by atoms with van der Waals surface area (Å²) >= 11 is 1.80. The fraction of sp³-hybridized carbons (Fsp3) is 0.667. The summed E-state index contributed by atoms with van der Waals surface area (Å²) in [4.78, 5) is 18.8. The van der Waals surface area contributed by atoms with Crippen molar-refractivity contribution in [2.75, 3.05) is 23.4 Å². The number of nitrogens with zero attached hydrogens (tertiary/aromatic N) is 3. The van der Waals surface area contributed by atoms with Gasteiger partial charge in [-0.15, -0.1) is 0 Å². The average Bonchev–Trinajstić information content (AvgIpc) is 2.86. The Hall–Kier alpha value is -1.57. The van der Waals surface area contributed by atoms with Crippen LogP contribution in [0.1, 0.15) is 26.2 Å². The Morgan fingerprint density at radius 2 is 2.35 bits per heavy atom. The fourth-order valence-electron chi connectivity index (χ4n) is 2.41. The summed E-state index contributed by atoms with van der Waals surface area (Å²) in [6.45, 7) is 2.60. The lowest BCUT2D eigenvalue weighted by atomic mass is 10.2. The van der Waals surface area contributed by atoms with Gasteiger partial charge in [-0.2, -0.15) is 16.7 Å². The Morgan fingerprint density at radius 3 is 3.00 bits per heavy atom. The maximum atomic E-state index is 11.1. The number of rotatable bonds is 6. The van der Waals surface area contributed by atoms with Crippen LogP contribution in [-0.2, 0) is 0 Å². The molecule has 0 aliphatic heterocycles. The first-order valence-electron chi connectivity index (χ1n) is 6.70. The summed E-state index contributed by atoms with van der Waals surface area (Å²) in [6, 6.07) is 0.230. The van der Waals surface area contributed by atoms with E-state index in [0.29, 0.717) is 23.6 Å². The van der Waals surface area contributed by atoms with Crippen molar-refractivity contribution < 1.29 is 4.92 Å². The van der Waals surface area contributed by atoms with Crippen molar-refractivity contribution in [1.82, 2.24) is 9.97 Å². The molecule has 7 nitrogen and oxygen atoms in total. The van der Waals surface area contributed by atoms with Crippen LogP contribution in [0.3, 0.4) is 0 Å². The van der Waals surface area contributed by atoms with E-state index in [1.807, 2.05) is 6.92 Å². The Morgan fingerprint density at radius 1 is 1.55 bits per heavy atom. The molecule has 0 spiro atoms. The van der Waals surface area contributed by atoms with Crippen molar-refractivity contribution in [1.29, 1.82) is 0 Å². The van der Waals surface area contributed by atoms with Crippen molar-refractivity contribution in [3.05, 3.63) is 16.3 Å². The van der Waals surface area contributed by atoms with Crippen LogP contribution in [-0.4, -0.2) is 39.0 Å². The van der Waals surface area contributed by atoms with Gasteiger partial charge in [0.2, 0.25) is 11.8 Å². The summed E-state index contributed by atoms with van der Waals surface area (Å²) in [5, 5.41) is 17.8. The van der Waals surface area contributed by atoms with Crippen LogP contribution < -0.4 is 10.6 Å². The second-order valence-electron chi connectivity index (χ2n) is 4.67. The van der Waals surface area contributed by atoms with E-state index >= 15 is 0 Å². The predicted octanol–water partition coefficient (Wildman–Crippen LogP) is 2.51. The molecule has 1 aromatic rings. The molecule has 1 aromatic heterocycles. The quantitative estimate of drug-likeness (QED) is 0.615. The number of hydrogen-bond acceptors (Lipinski definition) is 7. The van der Waals surface area contributed by atoms with Gasteiger partial charge in [-0.05, 0) is 26.0 Å². The summed E-state index contributed by atoms with van der Waals surface area (Å²) in [6.07, 6.45) is 6.63. The maximum absolute atomic E-state index is 11.1. The first kappa shape index (κ1) is 14.8. The fourth-order valence-corrected chi connectivity index (χ4v) is 3.34. The molecule has 2 rings (SSSR count). The Labute approximate surface area is 122 Å². The standard InChI is InChI=1S/C12H19N5O2S/c1-3-13-12-14-7-9(17(18)19)11(16-12)15-8-5-4-6-10(8)20-2/h7-8,10H,3-6H2,1-2H3,(H2,13,14,15,16). The van der Waals surface area contributed by atoms with Crippen molar-refractivity contribution in [3.63, 3.8) is 0 Å². The summed E-state index contributed by atoms with van der Waals surface area (Å²) in [5.41, 5.74) is -0.0709. The van der Waals surface area contributed by atoms with E-state index in [1.165, 1.54) is 6.20 Å². The van der Waals surface area contributed by atoms with E-state index in [-0.39, 0.29) is 11.7 Å². The molecule has 1 aliphatic carbocycles. The molecule has 0 amide bonds. The van der Waals surface area contributed by atoms with Gasteiger partial charge in [0.15, 0.2) is 0 Å². The lowest BCUT2D eigenvalue weighted by molar-refractivity contribution is -0.384. The van der Waals surface area contributed by atoms with Crippen LogP contribution in [0, 0.1) is 10.1 Å². The van der Waals surface area contributed by atoms with E-state index < -0.39 is 4.92 Å². The summed E-state index contributed by atoms with van der Waals surface area (Å²) in [7, 11) is 0. The van der Waals surface area contributed by atoms with Crippen LogP contribution >= 0.6 is 11.8 Å². The minimum atomic E-state index is -0.443. The SMILES string of the molecule is CCNc1ncc([N+](=O)[O-])c(NC2CCCC2SC)n1. The number of nitrogens with one attached hydrogen (secondary N) is 2. The molecule has 1 fully saturated rings. The number of hydrogen-bond donors (Lipinski definition) is 2. The monoisotopic (exact) mass is 297 g/mol. The minimum Gasteiger partial charge on any atom is -0.360 e. The zero-order chi connectivity index (χ0) is 14.5. The smallest absolute Gasteiger partial charge is 0.329 e. The van der Waals surface area contributed by atoms with E-state index in [4.69, 9.17) is 0 Å². The molecule has 1 aliphatic rings. The van der Waals surface area contributed by atoms with E-state index in [1.54, 1.807) is 11.8 Å². The molecule has 1 heterocycles. The van der Waals surface area contributed by atoms with Crippen LogP contribution in [0.5, 0.6) is 0 Å². The molecule has 1 saturated carbocycles. The average molecular weight is 297 g/mol. The van der Waals surface area contributed by atoms with E-state index in [9.17, 15) is 10.1 Å². The van der Waals surface area contributed by atoms with Gasteiger partial charge in [0.05, 0.1) is 4.92 Å². The molecule has 0 bridgehead atoms. The number of aromatic nitrogens is 2. The van der Waals surface area contributed by atoms with E-state index in [2.05, 4.69) is 26.9 Å². The van der Waals surface area contributed by atoms with Gasteiger partial charge in [-0.3, -0.25) is 10.1 Å². The van der Waals surface area contributed by atoms with Crippen molar-refractivity contribution in [3.8, 4) is 0 Å². The Kier molecular flexibility index (Phi) is 4.99. The molecule has 2 unspecified atom stereocenters. The third-order valence-electron chi connectivity index (χ3n) is 3.38. The van der Waals surface area contributed by atoms with Crippen LogP contribution in [0.4, 0.5) is 17.5 Å². The van der Waals surface area contributed by atoms with Gasteiger partial charge in [0.25, 0.3) is 0 Å². The highest BCUT2D eigenvalue weighted by Crippen LogP contribution is 2.32. The van der Waals surface area contributed by atoms with Gasteiger partial charge in [0, 0.05) is 17.8 Å². The molecule has 2 atom stereocenters. The largest absolute Gasteiger partial charge is 0.360 e. The zero-order valence-electron chi connectivity index (χ0n) is 11.6. The number of nitro groups is 1. The lowest BCUT2D eigenvalue weighted by Gasteiger charge is -2.19. The summed E-state index contributed by atoms with van der Waals surface area (Å²) < 4.78 is 0. The molecule has 0 aromatic carbocycles. The second kappa shape index (κ2) is 6.74. The molecule has 110 valence electrons. The number of thioether (sulfide) groups is 1. The highest BCUT2D eigenvalue weighted by Gasteiger charge is 2.29. The van der Waals surface area contributed by atoms with Crippen LogP contribution in [0.15, 0.2) is 6.20 Å². The Balaban J connectivity index is 2.23. The van der Waals surface area contributed by atoms with E-state index in [0.717, 1.165) is 19.3 Å². The van der Waals surface area contributed by atoms with Crippen LogP contribution in [0.25, 0.3) is 0 Å². The minimum absolute atomic E-state index is 0.0709. The lowest BCUT2D eigenvalue weighted by Crippen LogP contribution is -2.27. The molecule has 8 heteroatoms. The molecule has 0 saturated heterocycles. The highest BCUT2D eigenvalue weighted by atomic mass is 32.2. The first-order valence-corrected chi connectivity index (χ1v) is 7.99. The highest BCUT2D eigenvalue weighted by molar-refractivity contribution is 7.99. The second-order valence-corrected chi connectivity index (χ2v) is 5.75.